The minimum atomic E-state index is -3.59. The highest BCUT2D eigenvalue weighted by Gasteiger charge is 2.31. The second kappa shape index (κ2) is 7.53. The molecule has 10 heteroatoms. The fourth-order valence-corrected chi connectivity index (χ4v) is 4.65. The van der Waals surface area contributed by atoms with Crippen molar-refractivity contribution < 1.29 is 22.2 Å². The number of rotatable bonds is 4. The van der Waals surface area contributed by atoms with Gasteiger partial charge in [-0.25, -0.2) is 8.42 Å². The minimum absolute atomic E-state index is 0.163. The number of hydrogen-bond acceptors (Lipinski definition) is 6. The Bertz CT molecular complexity index is 1070. The molecule has 0 atom stereocenters. The molecule has 3 heterocycles. The number of furan rings is 1. The zero-order chi connectivity index (χ0) is 19.7. The summed E-state index contributed by atoms with van der Waals surface area (Å²) in [7, 11) is -3.59. The Morgan fingerprint density at radius 2 is 1.75 bits per heavy atom. The number of aromatic nitrogens is 1. The Morgan fingerprint density at radius 3 is 2.39 bits per heavy atom. The van der Waals surface area contributed by atoms with Crippen molar-refractivity contribution in [3.05, 3.63) is 58.9 Å². The number of halogens is 1. The molecule has 1 amide bonds. The van der Waals surface area contributed by atoms with Gasteiger partial charge in [-0.05, 0) is 36.4 Å². The van der Waals surface area contributed by atoms with Gasteiger partial charge >= 0.3 is 0 Å². The monoisotopic (exact) mass is 465 g/mol. The maximum Gasteiger partial charge on any atom is 0.276 e. The zero-order valence-corrected chi connectivity index (χ0v) is 17.0. The second-order valence-electron chi connectivity index (χ2n) is 6.20. The van der Waals surface area contributed by atoms with E-state index in [4.69, 9.17) is 8.94 Å². The summed E-state index contributed by atoms with van der Waals surface area (Å²) in [5.41, 5.74) is 0.163. The SMILES string of the molecule is O=C(c1cc(-c2ccco2)on1)N1CCN(S(=O)(=O)c2ccc(Br)cc2)CC1. The summed E-state index contributed by atoms with van der Waals surface area (Å²) < 4.78 is 38.1. The Kier molecular flexibility index (Phi) is 5.09. The molecule has 8 nitrogen and oxygen atoms in total. The molecule has 3 aromatic rings. The maximum atomic E-state index is 12.7. The number of carbonyl (C=O) groups excluding carboxylic acids is 1. The average molecular weight is 466 g/mol. The standard InChI is InChI=1S/C18H16BrN3O5S/c19-13-3-5-14(6-4-13)28(24,25)22-9-7-21(8-10-22)18(23)15-12-17(27-20-15)16-2-1-11-26-16/h1-6,11-12H,7-10H2. The third kappa shape index (κ3) is 3.62. The van der Waals surface area contributed by atoms with Gasteiger partial charge in [0.1, 0.15) is 0 Å². The van der Waals surface area contributed by atoms with Gasteiger partial charge in [0.2, 0.25) is 15.8 Å². The van der Waals surface area contributed by atoms with Crippen LogP contribution in [0.15, 0.2) is 67.0 Å². The van der Waals surface area contributed by atoms with E-state index in [-0.39, 0.29) is 42.7 Å². The van der Waals surface area contributed by atoms with Crippen molar-refractivity contribution in [2.45, 2.75) is 4.90 Å². The van der Waals surface area contributed by atoms with Gasteiger partial charge in [-0.15, -0.1) is 0 Å². The molecule has 1 aromatic carbocycles. The van der Waals surface area contributed by atoms with Crippen LogP contribution in [0.25, 0.3) is 11.5 Å². The molecule has 0 N–H and O–H groups in total. The van der Waals surface area contributed by atoms with Gasteiger partial charge in [-0.3, -0.25) is 4.79 Å². The molecule has 146 valence electrons. The lowest BCUT2D eigenvalue weighted by Gasteiger charge is -2.33. The van der Waals surface area contributed by atoms with E-state index in [9.17, 15) is 13.2 Å². The number of piperazine rings is 1. The highest BCUT2D eigenvalue weighted by Crippen LogP contribution is 2.23. The number of benzene rings is 1. The molecule has 1 fully saturated rings. The smallest absolute Gasteiger partial charge is 0.276 e. The van der Waals surface area contributed by atoms with Gasteiger partial charge < -0.3 is 13.8 Å². The second-order valence-corrected chi connectivity index (χ2v) is 9.06. The van der Waals surface area contributed by atoms with Crippen molar-refractivity contribution in [3.63, 3.8) is 0 Å². The van der Waals surface area contributed by atoms with Crippen molar-refractivity contribution in [3.8, 4) is 11.5 Å². The summed E-state index contributed by atoms with van der Waals surface area (Å²) in [5.74, 6) is 0.545. The Labute approximate surface area is 169 Å². The minimum Gasteiger partial charge on any atom is -0.461 e. The van der Waals surface area contributed by atoms with E-state index in [1.54, 1.807) is 41.3 Å². The van der Waals surface area contributed by atoms with E-state index in [1.165, 1.54) is 16.6 Å². The van der Waals surface area contributed by atoms with Crippen LogP contribution in [0.1, 0.15) is 10.5 Å². The van der Waals surface area contributed by atoms with E-state index < -0.39 is 10.0 Å². The van der Waals surface area contributed by atoms with E-state index in [0.717, 1.165) is 4.47 Å². The first-order valence-corrected chi connectivity index (χ1v) is 10.7. The summed E-state index contributed by atoms with van der Waals surface area (Å²) in [5, 5.41) is 3.81. The third-order valence-corrected chi connectivity index (χ3v) is 6.91. The molecule has 1 aliphatic rings. The number of nitrogens with zero attached hydrogens (tertiary/aromatic N) is 3. The van der Waals surface area contributed by atoms with Crippen LogP contribution >= 0.6 is 15.9 Å². The van der Waals surface area contributed by atoms with Crippen LogP contribution in [0.5, 0.6) is 0 Å². The van der Waals surface area contributed by atoms with E-state index in [2.05, 4.69) is 21.1 Å². The molecule has 0 unspecified atom stereocenters. The topological polar surface area (TPSA) is 96.9 Å². The molecule has 2 aromatic heterocycles. The van der Waals surface area contributed by atoms with Crippen molar-refractivity contribution in [1.29, 1.82) is 0 Å². The molecule has 0 saturated carbocycles. The molecule has 0 spiro atoms. The molecule has 4 rings (SSSR count). The molecular weight excluding hydrogens is 450 g/mol. The van der Waals surface area contributed by atoms with Gasteiger partial charge in [-0.2, -0.15) is 4.31 Å². The van der Waals surface area contributed by atoms with Gasteiger partial charge in [0.05, 0.1) is 11.2 Å². The normalized spacial score (nSPS) is 15.7. The average Bonchev–Trinajstić information content (AvgIpc) is 3.39. The highest BCUT2D eigenvalue weighted by molar-refractivity contribution is 9.10. The summed E-state index contributed by atoms with van der Waals surface area (Å²) in [6.45, 7) is 0.981. The number of hydrogen-bond donors (Lipinski definition) is 0. The Balaban J connectivity index is 1.42. The predicted molar refractivity (Wildman–Crippen MR) is 103 cm³/mol. The first-order valence-electron chi connectivity index (χ1n) is 8.51. The van der Waals surface area contributed by atoms with Crippen molar-refractivity contribution in [1.82, 2.24) is 14.4 Å². The molecule has 1 aliphatic heterocycles. The highest BCUT2D eigenvalue weighted by atomic mass is 79.9. The van der Waals surface area contributed by atoms with Crippen LogP contribution in [0.3, 0.4) is 0 Å². The van der Waals surface area contributed by atoms with Crippen molar-refractivity contribution in [2.24, 2.45) is 0 Å². The van der Waals surface area contributed by atoms with Crippen LogP contribution in [-0.4, -0.2) is 54.9 Å². The summed E-state index contributed by atoms with van der Waals surface area (Å²) in [6, 6.07) is 11.4. The van der Waals surface area contributed by atoms with Crippen LogP contribution in [0.2, 0.25) is 0 Å². The van der Waals surface area contributed by atoms with Gasteiger partial charge in [0, 0.05) is 36.7 Å². The zero-order valence-electron chi connectivity index (χ0n) is 14.6. The first kappa shape index (κ1) is 18.9. The van der Waals surface area contributed by atoms with Crippen molar-refractivity contribution in [2.75, 3.05) is 26.2 Å². The fraction of sp³-hybridized carbons (Fsp3) is 0.222. The number of carbonyl (C=O) groups is 1. The molecule has 28 heavy (non-hydrogen) atoms. The molecule has 0 aliphatic carbocycles. The largest absolute Gasteiger partial charge is 0.461 e. The maximum absolute atomic E-state index is 12.7. The van der Waals surface area contributed by atoms with Gasteiger partial charge in [0.15, 0.2) is 11.5 Å². The Morgan fingerprint density at radius 1 is 1.04 bits per heavy atom. The molecule has 0 bridgehead atoms. The van der Waals surface area contributed by atoms with Crippen LogP contribution in [0.4, 0.5) is 0 Å². The third-order valence-electron chi connectivity index (χ3n) is 4.47. The van der Waals surface area contributed by atoms with E-state index in [0.29, 0.717) is 11.5 Å². The molecular formula is C18H16BrN3O5S. The van der Waals surface area contributed by atoms with Crippen LogP contribution in [0, 0.1) is 0 Å². The molecule has 0 radical (unpaired) electrons. The predicted octanol–water partition coefficient (Wildman–Crippen LogP) is 2.84. The van der Waals surface area contributed by atoms with E-state index in [1.807, 2.05) is 0 Å². The number of amides is 1. The lowest BCUT2D eigenvalue weighted by atomic mass is 10.2. The first-order chi connectivity index (χ1) is 13.4. The quantitative estimate of drug-likeness (QED) is 0.587. The summed E-state index contributed by atoms with van der Waals surface area (Å²) in [4.78, 5) is 14.4. The summed E-state index contributed by atoms with van der Waals surface area (Å²) in [6.07, 6.45) is 1.50. The fourth-order valence-electron chi connectivity index (χ4n) is 2.96. The lowest BCUT2D eigenvalue weighted by molar-refractivity contribution is 0.0687. The lowest BCUT2D eigenvalue weighted by Crippen LogP contribution is -2.50. The Hall–Kier alpha value is -2.43. The molecule has 1 saturated heterocycles. The van der Waals surface area contributed by atoms with Crippen LogP contribution in [-0.2, 0) is 10.0 Å². The number of sulfonamides is 1. The summed E-state index contributed by atoms with van der Waals surface area (Å²) >= 11 is 3.30. The van der Waals surface area contributed by atoms with Gasteiger partial charge in [0.25, 0.3) is 5.91 Å². The van der Waals surface area contributed by atoms with Gasteiger partial charge in [-0.1, -0.05) is 21.1 Å². The van der Waals surface area contributed by atoms with Crippen molar-refractivity contribution >= 4 is 31.9 Å². The van der Waals surface area contributed by atoms with Crippen LogP contribution < -0.4 is 0 Å². The van der Waals surface area contributed by atoms with E-state index >= 15 is 0 Å².